The van der Waals surface area contributed by atoms with Gasteiger partial charge in [-0.2, -0.15) is 0 Å². The molecule has 1 saturated heterocycles. The molecule has 1 aliphatic heterocycles. The molecule has 0 aliphatic carbocycles. The summed E-state index contributed by atoms with van der Waals surface area (Å²) in [5.41, 5.74) is 1.37. The zero-order chi connectivity index (χ0) is 14.0. The van der Waals surface area contributed by atoms with Crippen molar-refractivity contribution in [3.63, 3.8) is 0 Å². The van der Waals surface area contributed by atoms with Gasteiger partial charge in [-0.15, -0.1) is 0 Å². The summed E-state index contributed by atoms with van der Waals surface area (Å²) in [5.74, 6) is 0.256. The molecule has 0 spiro atoms. The molecule has 2 aromatic rings. The first kappa shape index (κ1) is 13.3. The molecule has 4 nitrogen and oxygen atoms in total. The third kappa shape index (κ3) is 2.24. The second-order valence-electron chi connectivity index (χ2n) is 5.78. The minimum Gasteiger partial charge on any atom is -0.346 e. The van der Waals surface area contributed by atoms with E-state index in [4.69, 9.17) is 0 Å². The number of aromatic amines is 1. The molecule has 2 N–H and O–H groups in total. The van der Waals surface area contributed by atoms with Crippen molar-refractivity contribution >= 4 is 16.8 Å². The van der Waals surface area contributed by atoms with Gasteiger partial charge in [-0.05, 0) is 31.5 Å². The van der Waals surface area contributed by atoms with E-state index in [1.54, 1.807) is 6.20 Å². The SMILES string of the molecule is CCCCC1(C(=O)c2cnc3[nH]ccc3c2)CCNC1. The van der Waals surface area contributed by atoms with E-state index in [1.807, 2.05) is 18.3 Å². The summed E-state index contributed by atoms with van der Waals surface area (Å²) in [7, 11) is 0. The lowest BCUT2D eigenvalue weighted by molar-refractivity contribution is 0.0799. The molecule has 2 aromatic heterocycles. The van der Waals surface area contributed by atoms with Gasteiger partial charge in [0.1, 0.15) is 5.65 Å². The maximum absolute atomic E-state index is 13.0. The van der Waals surface area contributed by atoms with Gasteiger partial charge in [0.05, 0.1) is 0 Å². The Labute approximate surface area is 119 Å². The fourth-order valence-corrected chi connectivity index (χ4v) is 3.15. The van der Waals surface area contributed by atoms with E-state index in [1.165, 1.54) is 0 Å². The van der Waals surface area contributed by atoms with Crippen molar-refractivity contribution in [3.05, 3.63) is 30.1 Å². The molecule has 3 heterocycles. The largest absolute Gasteiger partial charge is 0.346 e. The average Bonchev–Trinajstić information content (AvgIpc) is 3.13. The normalized spacial score (nSPS) is 22.4. The summed E-state index contributed by atoms with van der Waals surface area (Å²) >= 11 is 0. The quantitative estimate of drug-likeness (QED) is 0.822. The summed E-state index contributed by atoms with van der Waals surface area (Å²) in [6.07, 6.45) is 7.72. The number of Topliss-reactive ketones (excluding diaryl/α,β-unsaturated/α-hetero) is 1. The Morgan fingerprint density at radius 1 is 1.50 bits per heavy atom. The smallest absolute Gasteiger partial charge is 0.171 e. The molecule has 0 aromatic carbocycles. The fraction of sp³-hybridized carbons (Fsp3) is 0.500. The second-order valence-corrected chi connectivity index (χ2v) is 5.78. The molecule has 20 heavy (non-hydrogen) atoms. The van der Waals surface area contributed by atoms with Crippen LogP contribution in [0.3, 0.4) is 0 Å². The molecule has 1 aliphatic rings. The Morgan fingerprint density at radius 3 is 3.15 bits per heavy atom. The van der Waals surface area contributed by atoms with Crippen LogP contribution in [0.1, 0.15) is 43.0 Å². The van der Waals surface area contributed by atoms with Crippen LogP contribution in [0.4, 0.5) is 0 Å². The van der Waals surface area contributed by atoms with E-state index in [2.05, 4.69) is 22.2 Å². The Morgan fingerprint density at radius 2 is 2.40 bits per heavy atom. The molecule has 0 saturated carbocycles. The number of hydrogen-bond acceptors (Lipinski definition) is 3. The molecule has 1 fully saturated rings. The minimum atomic E-state index is -0.221. The number of pyridine rings is 1. The van der Waals surface area contributed by atoms with Crippen molar-refractivity contribution in [2.75, 3.05) is 13.1 Å². The first-order valence-corrected chi connectivity index (χ1v) is 7.44. The van der Waals surface area contributed by atoms with Gasteiger partial charge in [-0.3, -0.25) is 4.79 Å². The lowest BCUT2D eigenvalue weighted by Crippen LogP contribution is -2.33. The van der Waals surface area contributed by atoms with E-state index in [0.717, 1.165) is 55.4 Å². The monoisotopic (exact) mass is 271 g/mol. The van der Waals surface area contributed by atoms with E-state index < -0.39 is 0 Å². The van der Waals surface area contributed by atoms with Crippen LogP contribution in [0.15, 0.2) is 24.5 Å². The van der Waals surface area contributed by atoms with Gasteiger partial charge in [0.15, 0.2) is 5.78 Å². The number of ketones is 1. The first-order valence-electron chi connectivity index (χ1n) is 7.44. The summed E-state index contributed by atoms with van der Waals surface area (Å²) < 4.78 is 0. The molecule has 1 unspecified atom stereocenters. The summed E-state index contributed by atoms with van der Waals surface area (Å²) in [6.45, 7) is 3.92. The zero-order valence-corrected chi connectivity index (χ0v) is 11.9. The first-order chi connectivity index (χ1) is 9.75. The number of rotatable bonds is 5. The van der Waals surface area contributed by atoms with Crippen LogP contribution >= 0.6 is 0 Å². The van der Waals surface area contributed by atoms with Crippen LogP contribution in [0.5, 0.6) is 0 Å². The van der Waals surface area contributed by atoms with Crippen LogP contribution in [0.2, 0.25) is 0 Å². The lowest BCUT2D eigenvalue weighted by atomic mass is 9.76. The van der Waals surface area contributed by atoms with Gasteiger partial charge in [0, 0.05) is 35.3 Å². The van der Waals surface area contributed by atoms with Crippen molar-refractivity contribution in [1.29, 1.82) is 0 Å². The number of carbonyl (C=O) groups excluding carboxylic acids is 1. The maximum atomic E-state index is 13.0. The predicted molar refractivity (Wildman–Crippen MR) is 79.9 cm³/mol. The topological polar surface area (TPSA) is 57.8 Å². The Balaban J connectivity index is 1.92. The second kappa shape index (κ2) is 5.37. The van der Waals surface area contributed by atoms with E-state index >= 15 is 0 Å². The third-order valence-corrected chi connectivity index (χ3v) is 4.40. The summed E-state index contributed by atoms with van der Waals surface area (Å²) in [4.78, 5) is 20.4. The molecule has 0 amide bonds. The molecule has 0 radical (unpaired) electrons. The Hall–Kier alpha value is -1.68. The summed E-state index contributed by atoms with van der Waals surface area (Å²) in [6, 6.07) is 3.93. The van der Waals surface area contributed by atoms with Gasteiger partial charge in [0.25, 0.3) is 0 Å². The predicted octanol–water partition coefficient (Wildman–Crippen LogP) is 2.92. The van der Waals surface area contributed by atoms with Crippen molar-refractivity contribution in [3.8, 4) is 0 Å². The van der Waals surface area contributed by atoms with Crippen LogP contribution in [-0.4, -0.2) is 28.8 Å². The Bertz CT molecular complexity index is 611. The van der Waals surface area contributed by atoms with Gasteiger partial charge >= 0.3 is 0 Å². The molecular formula is C16H21N3O. The van der Waals surface area contributed by atoms with Crippen molar-refractivity contribution in [2.45, 2.75) is 32.6 Å². The van der Waals surface area contributed by atoms with Crippen LogP contribution in [0, 0.1) is 5.41 Å². The number of aromatic nitrogens is 2. The number of nitrogens with zero attached hydrogens (tertiary/aromatic N) is 1. The van der Waals surface area contributed by atoms with Crippen LogP contribution in [0.25, 0.3) is 11.0 Å². The number of fused-ring (bicyclic) bond motifs is 1. The van der Waals surface area contributed by atoms with Crippen molar-refractivity contribution < 1.29 is 4.79 Å². The van der Waals surface area contributed by atoms with Gasteiger partial charge in [-0.25, -0.2) is 4.98 Å². The number of unbranched alkanes of at least 4 members (excludes halogenated alkanes) is 1. The zero-order valence-electron chi connectivity index (χ0n) is 11.9. The molecule has 0 bridgehead atoms. The average molecular weight is 271 g/mol. The van der Waals surface area contributed by atoms with Gasteiger partial charge in [0.2, 0.25) is 0 Å². The maximum Gasteiger partial charge on any atom is 0.171 e. The van der Waals surface area contributed by atoms with E-state index in [0.29, 0.717) is 0 Å². The lowest BCUT2D eigenvalue weighted by Gasteiger charge is -2.26. The standard InChI is InChI=1S/C16H21N3O/c1-2-3-5-16(6-8-17-11-16)14(20)13-9-12-4-7-18-15(12)19-10-13/h4,7,9-10,17H,2-3,5-6,8,11H2,1H3,(H,18,19). The van der Waals surface area contributed by atoms with Crippen LogP contribution < -0.4 is 5.32 Å². The molecular weight excluding hydrogens is 250 g/mol. The highest BCUT2D eigenvalue weighted by atomic mass is 16.1. The third-order valence-electron chi connectivity index (χ3n) is 4.40. The summed E-state index contributed by atoms with van der Waals surface area (Å²) in [5, 5.41) is 4.36. The Kier molecular flexibility index (Phi) is 3.57. The molecule has 106 valence electrons. The van der Waals surface area contributed by atoms with E-state index in [-0.39, 0.29) is 11.2 Å². The number of H-pyrrole nitrogens is 1. The van der Waals surface area contributed by atoms with Crippen LogP contribution in [-0.2, 0) is 0 Å². The van der Waals surface area contributed by atoms with Gasteiger partial charge in [-0.1, -0.05) is 19.8 Å². The highest BCUT2D eigenvalue weighted by molar-refractivity contribution is 6.02. The number of nitrogens with one attached hydrogen (secondary N) is 2. The van der Waals surface area contributed by atoms with Crippen molar-refractivity contribution in [1.82, 2.24) is 15.3 Å². The molecule has 3 rings (SSSR count). The number of carbonyl (C=O) groups is 1. The van der Waals surface area contributed by atoms with Crippen molar-refractivity contribution in [2.24, 2.45) is 5.41 Å². The number of hydrogen-bond donors (Lipinski definition) is 2. The van der Waals surface area contributed by atoms with E-state index in [9.17, 15) is 4.79 Å². The molecule has 1 atom stereocenters. The molecule has 4 heteroatoms. The highest BCUT2D eigenvalue weighted by Crippen LogP contribution is 2.35. The fourth-order valence-electron chi connectivity index (χ4n) is 3.15. The minimum absolute atomic E-state index is 0.221. The highest BCUT2D eigenvalue weighted by Gasteiger charge is 2.40. The van der Waals surface area contributed by atoms with Gasteiger partial charge < -0.3 is 10.3 Å².